The van der Waals surface area contributed by atoms with Crippen molar-refractivity contribution >= 4 is 28.4 Å². The van der Waals surface area contributed by atoms with Crippen LogP contribution in [0.4, 0.5) is 19.0 Å². The minimum Gasteiger partial charge on any atom is -0.369 e. The lowest BCUT2D eigenvalue weighted by atomic mass is 10.0. The summed E-state index contributed by atoms with van der Waals surface area (Å²) >= 11 is 2.14. The van der Waals surface area contributed by atoms with E-state index in [0.717, 1.165) is 34.9 Å². The number of rotatable bonds is 4. The van der Waals surface area contributed by atoms with Gasteiger partial charge < -0.3 is 5.32 Å². The molecule has 1 saturated carbocycles. The molecule has 1 N–H and O–H groups in total. The van der Waals surface area contributed by atoms with Crippen LogP contribution in [0.15, 0.2) is 0 Å². The van der Waals surface area contributed by atoms with E-state index in [9.17, 15) is 13.2 Å². The number of anilines is 1. The van der Waals surface area contributed by atoms with E-state index in [0.29, 0.717) is 12.4 Å². The molecule has 1 heterocycles. The van der Waals surface area contributed by atoms with Crippen LogP contribution >= 0.6 is 22.6 Å². The highest BCUT2D eigenvalue weighted by Gasteiger charge is 2.31. The van der Waals surface area contributed by atoms with Crippen molar-refractivity contribution in [2.24, 2.45) is 0 Å². The van der Waals surface area contributed by atoms with Crippen LogP contribution in [0.5, 0.6) is 0 Å². The number of nitrogens with zero attached hydrogens (tertiary/aromatic N) is 2. The maximum absolute atomic E-state index is 12.6. The van der Waals surface area contributed by atoms with Crippen LogP contribution < -0.4 is 5.32 Å². The molecule has 2 rings (SSSR count). The monoisotopic (exact) mass is 399 g/mol. The molecule has 0 saturated heterocycles. The molecule has 1 aliphatic rings. The summed E-state index contributed by atoms with van der Waals surface area (Å²) in [7, 11) is 0. The van der Waals surface area contributed by atoms with Crippen molar-refractivity contribution in [3.05, 3.63) is 15.1 Å². The van der Waals surface area contributed by atoms with Gasteiger partial charge in [0.25, 0.3) is 0 Å². The largest absolute Gasteiger partial charge is 0.396 e. The highest BCUT2D eigenvalue weighted by molar-refractivity contribution is 14.1. The van der Waals surface area contributed by atoms with Gasteiger partial charge in [0.2, 0.25) is 0 Å². The van der Waals surface area contributed by atoms with Gasteiger partial charge in [-0.05, 0) is 42.4 Å². The Kier molecular flexibility index (Phi) is 5.09. The van der Waals surface area contributed by atoms with Gasteiger partial charge in [-0.3, -0.25) is 0 Å². The molecule has 1 aromatic rings. The molecule has 1 fully saturated rings. The molecule has 0 unspecified atom stereocenters. The summed E-state index contributed by atoms with van der Waals surface area (Å²) in [5, 5.41) is 3.04. The predicted octanol–water partition coefficient (Wildman–Crippen LogP) is 4.28. The fourth-order valence-electron chi connectivity index (χ4n) is 2.53. The van der Waals surface area contributed by atoms with E-state index in [2.05, 4.69) is 37.9 Å². The van der Waals surface area contributed by atoms with E-state index in [4.69, 9.17) is 0 Å². The van der Waals surface area contributed by atoms with Gasteiger partial charge in [0.1, 0.15) is 18.1 Å². The summed E-state index contributed by atoms with van der Waals surface area (Å²) in [4.78, 5) is 8.23. The van der Waals surface area contributed by atoms with Crippen molar-refractivity contribution < 1.29 is 13.2 Å². The second kappa shape index (κ2) is 6.44. The van der Waals surface area contributed by atoms with E-state index in [1.54, 1.807) is 0 Å². The molecule has 7 heteroatoms. The first kappa shape index (κ1) is 15.8. The molecular formula is C13H17F3IN3. The topological polar surface area (TPSA) is 37.8 Å². The van der Waals surface area contributed by atoms with Crippen LogP contribution in [-0.2, 0) is 6.42 Å². The zero-order valence-corrected chi connectivity index (χ0v) is 13.4. The van der Waals surface area contributed by atoms with Crippen LogP contribution in [0.3, 0.4) is 0 Å². The first-order chi connectivity index (χ1) is 9.40. The third-order valence-electron chi connectivity index (χ3n) is 3.37. The van der Waals surface area contributed by atoms with Crippen molar-refractivity contribution in [3.63, 3.8) is 0 Å². The van der Waals surface area contributed by atoms with Gasteiger partial charge in [-0.15, -0.1) is 0 Å². The Bertz CT molecular complexity index is 471. The Morgan fingerprint density at radius 1 is 1.25 bits per heavy atom. The molecule has 0 atom stereocenters. The zero-order chi connectivity index (χ0) is 14.8. The van der Waals surface area contributed by atoms with Crippen LogP contribution in [0.1, 0.15) is 50.0 Å². The summed E-state index contributed by atoms with van der Waals surface area (Å²) in [6.07, 6.45) is -1.09. The van der Waals surface area contributed by atoms with Crippen LogP contribution in [0.2, 0.25) is 0 Å². The fourth-order valence-corrected chi connectivity index (χ4v) is 3.40. The Morgan fingerprint density at radius 2 is 1.90 bits per heavy atom. The van der Waals surface area contributed by atoms with E-state index in [-0.39, 0.29) is 11.7 Å². The maximum Gasteiger partial charge on any atom is 0.396 e. The third-order valence-corrected chi connectivity index (χ3v) is 4.43. The molecular weight excluding hydrogens is 382 g/mol. The lowest BCUT2D eigenvalue weighted by Gasteiger charge is -2.16. The minimum atomic E-state index is -4.27. The second-order valence-electron chi connectivity index (χ2n) is 4.99. The number of nitrogens with one attached hydrogen (secondary N) is 1. The lowest BCUT2D eigenvalue weighted by molar-refractivity contribution is -0.128. The summed E-state index contributed by atoms with van der Waals surface area (Å²) < 4.78 is 38.6. The summed E-state index contributed by atoms with van der Waals surface area (Å²) in [6.45, 7) is 2.53. The Balaban J connectivity index is 2.37. The van der Waals surface area contributed by atoms with E-state index in [1.807, 2.05) is 6.92 Å². The lowest BCUT2D eigenvalue weighted by Crippen LogP contribution is -2.18. The Hall–Kier alpha value is -0.600. The van der Waals surface area contributed by atoms with Crippen molar-refractivity contribution in [3.8, 4) is 0 Å². The average molecular weight is 399 g/mol. The molecule has 0 spiro atoms. The van der Waals surface area contributed by atoms with Gasteiger partial charge in [0.15, 0.2) is 0 Å². The molecule has 0 radical (unpaired) electrons. The number of halogens is 4. The normalized spacial score (nSPS) is 16.6. The molecule has 20 heavy (non-hydrogen) atoms. The number of hydrogen-bond acceptors (Lipinski definition) is 3. The number of hydrogen-bond donors (Lipinski definition) is 1. The molecule has 0 aromatic carbocycles. The standard InChI is InChI=1S/C13H17F3IN3/c1-2-18-12-10(17)11(8-5-3-4-6-8)19-9(20-12)7-13(14,15)16/h8H,2-7H2,1H3,(H,18,19,20). The molecule has 3 nitrogen and oxygen atoms in total. The van der Waals surface area contributed by atoms with E-state index < -0.39 is 12.6 Å². The zero-order valence-electron chi connectivity index (χ0n) is 11.2. The first-order valence-electron chi connectivity index (χ1n) is 6.77. The Labute approximate surface area is 129 Å². The summed E-state index contributed by atoms with van der Waals surface area (Å²) in [5.41, 5.74) is 0.785. The fraction of sp³-hybridized carbons (Fsp3) is 0.692. The van der Waals surface area contributed by atoms with Gasteiger partial charge in [-0.25, -0.2) is 9.97 Å². The van der Waals surface area contributed by atoms with Gasteiger partial charge in [-0.1, -0.05) is 12.8 Å². The molecule has 1 aliphatic carbocycles. The van der Waals surface area contributed by atoms with Crippen molar-refractivity contribution in [2.75, 3.05) is 11.9 Å². The van der Waals surface area contributed by atoms with Crippen molar-refractivity contribution in [2.45, 2.75) is 51.1 Å². The van der Waals surface area contributed by atoms with Crippen LogP contribution in [-0.4, -0.2) is 22.7 Å². The maximum atomic E-state index is 12.6. The quantitative estimate of drug-likeness (QED) is 0.769. The van der Waals surface area contributed by atoms with Crippen LogP contribution in [0, 0.1) is 3.57 Å². The summed E-state index contributed by atoms with van der Waals surface area (Å²) in [5.74, 6) is 0.675. The summed E-state index contributed by atoms with van der Waals surface area (Å²) in [6, 6.07) is 0. The highest BCUT2D eigenvalue weighted by atomic mass is 127. The predicted molar refractivity (Wildman–Crippen MR) is 79.9 cm³/mol. The van der Waals surface area contributed by atoms with Crippen LogP contribution in [0.25, 0.3) is 0 Å². The second-order valence-corrected chi connectivity index (χ2v) is 6.07. The van der Waals surface area contributed by atoms with Gasteiger partial charge in [0, 0.05) is 12.5 Å². The number of aromatic nitrogens is 2. The van der Waals surface area contributed by atoms with E-state index in [1.165, 1.54) is 0 Å². The molecule has 112 valence electrons. The van der Waals surface area contributed by atoms with Gasteiger partial charge in [0.05, 0.1) is 9.26 Å². The highest BCUT2D eigenvalue weighted by Crippen LogP contribution is 2.37. The van der Waals surface area contributed by atoms with E-state index >= 15 is 0 Å². The Morgan fingerprint density at radius 3 is 2.45 bits per heavy atom. The van der Waals surface area contributed by atoms with Gasteiger partial charge >= 0.3 is 6.18 Å². The molecule has 0 amide bonds. The molecule has 0 aliphatic heterocycles. The average Bonchev–Trinajstić information content (AvgIpc) is 2.85. The third kappa shape index (κ3) is 3.95. The SMILES string of the molecule is CCNc1nc(CC(F)(F)F)nc(C2CCCC2)c1I. The number of alkyl halides is 3. The van der Waals surface area contributed by atoms with Crippen molar-refractivity contribution in [1.29, 1.82) is 0 Å². The van der Waals surface area contributed by atoms with Crippen molar-refractivity contribution in [1.82, 2.24) is 9.97 Å². The minimum absolute atomic E-state index is 0.129. The molecule has 1 aromatic heterocycles. The first-order valence-corrected chi connectivity index (χ1v) is 7.85. The smallest absolute Gasteiger partial charge is 0.369 e. The van der Waals surface area contributed by atoms with Gasteiger partial charge in [-0.2, -0.15) is 13.2 Å². The molecule has 0 bridgehead atoms.